The van der Waals surface area contributed by atoms with Gasteiger partial charge >= 0.3 is 0 Å². The molecule has 0 fully saturated rings. The zero-order valence-corrected chi connectivity index (χ0v) is 12.0. The molecule has 3 nitrogen and oxygen atoms in total. The van der Waals surface area contributed by atoms with Crippen LogP contribution < -0.4 is 9.47 Å². The van der Waals surface area contributed by atoms with Gasteiger partial charge in [0.25, 0.3) is 0 Å². The molecule has 1 heterocycles. The van der Waals surface area contributed by atoms with E-state index in [-0.39, 0.29) is 0 Å². The fourth-order valence-electron chi connectivity index (χ4n) is 2.04. The first kappa shape index (κ1) is 13.3. The molecule has 1 atom stereocenters. The van der Waals surface area contributed by atoms with E-state index in [1.165, 1.54) is 0 Å². The van der Waals surface area contributed by atoms with E-state index in [9.17, 15) is 5.11 Å². The van der Waals surface area contributed by atoms with E-state index in [1.807, 2.05) is 42.5 Å². The van der Waals surface area contributed by atoms with Crippen molar-refractivity contribution in [2.45, 2.75) is 22.8 Å². The van der Waals surface area contributed by atoms with Crippen LogP contribution in [-0.4, -0.2) is 18.3 Å². The predicted molar refractivity (Wildman–Crippen MR) is 78.6 cm³/mol. The maximum atomic E-state index is 9.50. The minimum atomic E-state index is -0.427. The normalized spacial score (nSPS) is 14.9. The molecule has 0 amide bonds. The summed E-state index contributed by atoms with van der Waals surface area (Å²) in [5, 5.41) is 9.50. The van der Waals surface area contributed by atoms with Crippen LogP contribution in [0.3, 0.4) is 0 Å². The number of benzene rings is 2. The highest BCUT2D eigenvalue weighted by molar-refractivity contribution is 7.99. The Hall–Kier alpha value is -1.65. The molecule has 0 spiro atoms. The van der Waals surface area contributed by atoms with Crippen molar-refractivity contribution < 1.29 is 14.6 Å². The highest BCUT2D eigenvalue weighted by Gasteiger charge is 2.12. The van der Waals surface area contributed by atoms with Gasteiger partial charge in [-0.15, -0.1) is 0 Å². The molecule has 4 heteroatoms. The Bertz CT molecular complexity index is 593. The molecule has 1 aliphatic heterocycles. The molecule has 104 valence electrons. The molecule has 0 saturated heterocycles. The lowest BCUT2D eigenvalue weighted by Crippen LogP contribution is -2.15. The molecule has 0 bridgehead atoms. The van der Waals surface area contributed by atoms with E-state index in [1.54, 1.807) is 18.7 Å². The van der Waals surface area contributed by atoms with Gasteiger partial charge < -0.3 is 14.6 Å². The summed E-state index contributed by atoms with van der Waals surface area (Å²) < 4.78 is 11.1. The fraction of sp³-hybridized carbons (Fsp3) is 0.250. The van der Waals surface area contributed by atoms with Crippen molar-refractivity contribution in [1.82, 2.24) is 0 Å². The molecule has 2 aromatic carbocycles. The van der Waals surface area contributed by atoms with Crippen LogP contribution in [0.25, 0.3) is 0 Å². The summed E-state index contributed by atoms with van der Waals surface area (Å²) in [5.74, 6) is 1.62. The third-order valence-electron chi connectivity index (χ3n) is 3.11. The van der Waals surface area contributed by atoms with E-state index < -0.39 is 6.10 Å². The van der Waals surface area contributed by atoms with Crippen LogP contribution in [0.15, 0.2) is 52.3 Å². The molecule has 3 rings (SSSR count). The van der Waals surface area contributed by atoms with Gasteiger partial charge in [-0.2, -0.15) is 0 Å². The number of ether oxygens (including phenoxy) is 2. The molecule has 1 aliphatic rings. The average molecular weight is 288 g/mol. The van der Waals surface area contributed by atoms with Crippen molar-refractivity contribution >= 4 is 11.8 Å². The van der Waals surface area contributed by atoms with Gasteiger partial charge in [0.05, 0.1) is 6.10 Å². The van der Waals surface area contributed by atoms with Crippen LogP contribution in [0.2, 0.25) is 0 Å². The Morgan fingerprint density at radius 3 is 2.30 bits per heavy atom. The third-order valence-corrected chi connectivity index (χ3v) is 4.11. The van der Waals surface area contributed by atoms with Crippen molar-refractivity contribution in [3.63, 3.8) is 0 Å². The van der Waals surface area contributed by atoms with Gasteiger partial charge in [-0.05, 0) is 42.8 Å². The zero-order chi connectivity index (χ0) is 13.9. The van der Waals surface area contributed by atoms with Crippen LogP contribution in [0.1, 0.15) is 18.6 Å². The van der Waals surface area contributed by atoms with Crippen molar-refractivity contribution in [2.24, 2.45) is 0 Å². The standard InChI is InChI=1S/C16H16O3S/c1-11(17)12-2-4-13(5-3-12)20-14-6-7-15-16(10-14)19-9-8-18-15/h2-7,10-11,17H,8-9H2,1H3. The predicted octanol–water partition coefficient (Wildman–Crippen LogP) is 3.66. The maximum Gasteiger partial charge on any atom is 0.162 e. The average Bonchev–Trinajstić information content (AvgIpc) is 2.48. The molecule has 0 aliphatic carbocycles. The molecule has 0 aromatic heterocycles. The number of aliphatic hydroxyl groups excluding tert-OH is 1. The van der Waals surface area contributed by atoms with E-state index in [2.05, 4.69) is 0 Å². The second-order valence-electron chi connectivity index (χ2n) is 4.65. The number of fused-ring (bicyclic) bond motifs is 1. The van der Waals surface area contributed by atoms with Gasteiger partial charge in [0.2, 0.25) is 0 Å². The quantitative estimate of drug-likeness (QED) is 0.935. The van der Waals surface area contributed by atoms with Crippen molar-refractivity contribution in [2.75, 3.05) is 13.2 Å². The topological polar surface area (TPSA) is 38.7 Å². The lowest BCUT2D eigenvalue weighted by Gasteiger charge is -2.18. The Morgan fingerprint density at radius 2 is 1.60 bits per heavy atom. The summed E-state index contributed by atoms with van der Waals surface area (Å²) in [6.45, 7) is 2.98. The second kappa shape index (κ2) is 5.77. The van der Waals surface area contributed by atoms with Crippen LogP contribution in [-0.2, 0) is 0 Å². The first-order chi connectivity index (χ1) is 9.72. The van der Waals surface area contributed by atoms with Gasteiger partial charge in [-0.1, -0.05) is 23.9 Å². The van der Waals surface area contributed by atoms with Crippen LogP contribution in [0, 0.1) is 0 Å². The fourth-order valence-corrected chi connectivity index (χ4v) is 2.88. The van der Waals surface area contributed by atoms with Gasteiger partial charge in [-0.3, -0.25) is 0 Å². The highest BCUT2D eigenvalue weighted by Crippen LogP contribution is 2.36. The third kappa shape index (κ3) is 2.92. The largest absolute Gasteiger partial charge is 0.486 e. The summed E-state index contributed by atoms with van der Waals surface area (Å²) in [4.78, 5) is 2.24. The van der Waals surface area contributed by atoms with Crippen molar-refractivity contribution in [3.05, 3.63) is 48.0 Å². The van der Waals surface area contributed by atoms with Crippen molar-refractivity contribution in [3.8, 4) is 11.5 Å². The zero-order valence-electron chi connectivity index (χ0n) is 11.2. The van der Waals surface area contributed by atoms with E-state index in [0.717, 1.165) is 26.9 Å². The SMILES string of the molecule is CC(O)c1ccc(Sc2ccc3c(c2)OCCO3)cc1. The summed E-state index contributed by atoms with van der Waals surface area (Å²) >= 11 is 1.66. The lowest BCUT2D eigenvalue weighted by atomic mass is 10.1. The monoisotopic (exact) mass is 288 g/mol. The van der Waals surface area contributed by atoms with E-state index in [4.69, 9.17) is 9.47 Å². The van der Waals surface area contributed by atoms with Crippen LogP contribution >= 0.6 is 11.8 Å². The summed E-state index contributed by atoms with van der Waals surface area (Å²) in [6, 6.07) is 13.9. The summed E-state index contributed by atoms with van der Waals surface area (Å²) in [5.41, 5.74) is 0.927. The molecule has 1 N–H and O–H groups in total. The van der Waals surface area contributed by atoms with E-state index >= 15 is 0 Å². The number of aliphatic hydroxyl groups is 1. The highest BCUT2D eigenvalue weighted by atomic mass is 32.2. The first-order valence-electron chi connectivity index (χ1n) is 6.58. The van der Waals surface area contributed by atoms with E-state index in [0.29, 0.717) is 13.2 Å². The molecule has 20 heavy (non-hydrogen) atoms. The lowest BCUT2D eigenvalue weighted by molar-refractivity contribution is 0.171. The molecular weight excluding hydrogens is 272 g/mol. The number of hydrogen-bond acceptors (Lipinski definition) is 4. The number of hydrogen-bond donors (Lipinski definition) is 1. The van der Waals surface area contributed by atoms with Crippen LogP contribution in [0.5, 0.6) is 11.5 Å². The Morgan fingerprint density at radius 1 is 0.950 bits per heavy atom. The number of rotatable bonds is 3. The minimum absolute atomic E-state index is 0.427. The van der Waals surface area contributed by atoms with Gasteiger partial charge in [0.1, 0.15) is 13.2 Å². The molecule has 0 radical (unpaired) electrons. The Labute approximate surface area is 122 Å². The molecular formula is C16H16O3S. The van der Waals surface area contributed by atoms with Crippen molar-refractivity contribution in [1.29, 1.82) is 0 Å². The summed E-state index contributed by atoms with van der Waals surface area (Å²) in [6.07, 6.45) is -0.427. The smallest absolute Gasteiger partial charge is 0.162 e. The van der Waals surface area contributed by atoms with Crippen LogP contribution in [0.4, 0.5) is 0 Å². The maximum absolute atomic E-state index is 9.50. The molecule has 1 unspecified atom stereocenters. The van der Waals surface area contributed by atoms with Gasteiger partial charge in [-0.25, -0.2) is 0 Å². The minimum Gasteiger partial charge on any atom is -0.486 e. The second-order valence-corrected chi connectivity index (χ2v) is 5.80. The first-order valence-corrected chi connectivity index (χ1v) is 7.39. The van der Waals surface area contributed by atoms with Gasteiger partial charge in [0.15, 0.2) is 11.5 Å². The Kier molecular flexibility index (Phi) is 3.85. The Balaban J connectivity index is 1.77. The van der Waals surface area contributed by atoms with Gasteiger partial charge in [0, 0.05) is 9.79 Å². The molecule has 2 aromatic rings. The molecule has 0 saturated carbocycles. The summed E-state index contributed by atoms with van der Waals surface area (Å²) in [7, 11) is 0.